The van der Waals surface area contributed by atoms with Gasteiger partial charge < -0.3 is 18.3 Å². The van der Waals surface area contributed by atoms with E-state index in [9.17, 15) is 0 Å². The quantitative estimate of drug-likeness (QED) is 0.375. The van der Waals surface area contributed by atoms with Gasteiger partial charge in [0.25, 0.3) is 0 Å². The molecule has 0 aliphatic carbocycles. The first-order chi connectivity index (χ1) is 9.80. The highest BCUT2D eigenvalue weighted by atomic mass is 28.4. The third kappa shape index (κ3) is 4.39. The molecule has 0 spiro atoms. The number of hydrogen-bond acceptors (Lipinski definition) is 4. The molecule has 4 nitrogen and oxygen atoms in total. The predicted molar refractivity (Wildman–Crippen MR) is 80.4 cm³/mol. The zero-order valence-corrected chi connectivity index (χ0v) is 13.3. The Bertz CT molecular complexity index is 375. The topological polar surface area (TPSA) is 40.2 Å². The van der Waals surface area contributed by atoms with Gasteiger partial charge in [-0.3, -0.25) is 0 Å². The average molecular weight is 296 g/mol. The minimum Gasteiger partial charge on any atom is -0.391 e. The van der Waals surface area contributed by atoms with E-state index in [0.717, 1.165) is 12.7 Å². The van der Waals surface area contributed by atoms with Crippen molar-refractivity contribution in [2.24, 2.45) is 0 Å². The molecule has 20 heavy (non-hydrogen) atoms. The summed E-state index contributed by atoms with van der Waals surface area (Å²) in [7, 11) is -2.39. The Labute approximate surface area is 122 Å². The number of epoxide rings is 1. The normalized spacial score (nSPS) is 18.2. The van der Waals surface area contributed by atoms with E-state index in [4.69, 9.17) is 18.3 Å². The van der Waals surface area contributed by atoms with Crippen LogP contribution in [0.4, 0.5) is 0 Å². The maximum Gasteiger partial charge on any atom is 0.374 e. The fraction of sp³-hybridized carbons (Fsp3) is 0.600. The van der Waals surface area contributed by atoms with Crippen LogP contribution < -0.4 is 5.19 Å². The van der Waals surface area contributed by atoms with Gasteiger partial charge in [-0.2, -0.15) is 0 Å². The molecule has 112 valence electrons. The van der Waals surface area contributed by atoms with Crippen LogP contribution in [0.1, 0.15) is 13.8 Å². The van der Waals surface area contributed by atoms with Crippen molar-refractivity contribution in [3.05, 3.63) is 30.3 Å². The molecule has 1 aromatic rings. The number of hydrogen-bond donors (Lipinski definition) is 0. The average Bonchev–Trinajstić information content (AvgIpc) is 3.29. The Kier molecular flexibility index (Phi) is 6.19. The van der Waals surface area contributed by atoms with Gasteiger partial charge in [0, 0.05) is 25.9 Å². The van der Waals surface area contributed by atoms with Crippen LogP contribution in [-0.2, 0) is 18.3 Å². The Morgan fingerprint density at radius 3 is 2.35 bits per heavy atom. The molecule has 0 N–H and O–H groups in total. The van der Waals surface area contributed by atoms with Crippen LogP contribution >= 0.6 is 0 Å². The van der Waals surface area contributed by atoms with Crippen LogP contribution in [0, 0.1) is 0 Å². The van der Waals surface area contributed by atoms with E-state index >= 15 is 0 Å². The molecule has 0 radical (unpaired) electrons. The highest BCUT2D eigenvalue weighted by Gasteiger charge is 2.39. The maximum absolute atomic E-state index is 6.08. The Morgan fingerprint density at radius 1 is 1.15 bits per heavy atom. The monoisotopic (exact) mass is 296 g/mol. The van der Waals surface area contributed by atoms with Crippen molar-refractivity contribution in [2.75, 3.05) is 33.0 Å². The van der Waals surface area contributed by atoms with Gasteiger partial charge >= 0.3 is 8.56 Å². The van der Waals surface area contributed by atoms with Crippen molar-refractivity contribution in [2.45, 2.75) is 26.0 Å². The van der Waals surface area contributed by atoms with Gasteiger partial charge in [-0.05, 0) is 19.0 Å². The second-order valence-corrected chi connectivity index (χ2v) is 7.93. The van der Waals surface area contributed by atoms with Crippen LogP contribution in [-0.4, -0.2) is 47.7 Å². The Morgan fingerprint density at radius 2 is 1.80 bits per heavy atom. The van der Waals surface area contributed by atoms with Gasteiger partial charge in [0.2, 0.25) is 0 Å². The minimum absolute atomic E-state index is 0.307. The number of ether oxygens (including phenoxy) is 2. The lowest BCUT2D eigenvalue weighted by Gasteiger charge is -2.30. The van der Waals surface area contributed by atoms with E-state index < -0.39 is 8.56 Å². The van der Waals surface area contributed by atoms with Gasteiger partial charge in [-0.15, -0.1) is 0 Å². The summed E-state index contributed by atoms with van der Waals surface area (Å²) in [5.41, 5.74) is 0. The lowest BCUT2D eigenvalue weighted by molar-refractivity contribution is 0.115. The third-order valence-electron chi connectivity index (χ3n) is 3.25. The van der Waals surface area contributed by atoms with E-state index in [1.807, 2.05) is 32.0 Å². The molecule has 1 aliphatic rings. The van der Waals surface area contributed by atoms with Crippen LogP contribution in [0.5, 0.6) is 0 Å². The molecule has 1 atom stereocenters. The second kappa shape index (κ2) is 7.90. The first-order valence-electron chi connectivity index (χ1n) is 7.33. The van der Waals surface area contributed by atoms with Crippen molar-refractivity contribution in [3.63, 3.8) is 0 Å². The first kappa shape index (κ1) is 15.7. The summed E-state index contributed by atoms with van der Waals surface area (Å²) >= 11 is 0. The van der Waals surface area contributed by atoms with Gasteiger partial charge in [-0.1, -0.05) is 30.3 Å². The van der Waals surface area contributed by atoms with E-state index in [1.54, 1.807) is 0 Å². The van der Waals surface area contributed by atoms with Crippen molar-refractivity contribution in [1.82, 2.24) is 0 Å². The Balaban J connectivity index is 2.00. The zero-order valence-electron chi connectivity index (χ0n) is 12.3. The minimum atomic E-state index is -2.39. The fourth-order valence-electron chi connectivity index (χ4n) is 2.24. The lowest BCUT2D eigenvalue weighted by atomic mass is 10.4. The largest absolute Gasteiger partial charge is 0.391 e. The van der Waals surface area contributed by atoms with Crippen LogP contribution in [0.3, 0.4) is 0 Å². The first-order valence-corrected chi connectivity index (χ1v) is 9.36. The van der Waals surface area contributed by atoms with E-state index in [2.05, 4.69) is 12.1 Å². The summed E-state index contributed by atoms with van der Waals surface area (Å²) in [5.74, 6) is 0. The van der Waals surface area contributed by atoms with E-state index in [1.165, 1.54) is 5.19 Å². The van der Waals surface area contributed by atoms with Crippen LogP contribution in [0.25, 0.3) is 0 Å². The van der Waals surface area contributed by atoms with Crippen molar-refractivity contribution < 1.29 is 18.3 Å². The standard InChI is InChI=1S/C15H24O4Si/c1-3-18-20(19-4-2,15-8-6-5-7-9-15)11-10-16-12-14-13-17-14/h5-9,14H,3-4,10-13H2,1-2H3. The molecule has 0 aromatic heterocycles. The second-order valence-electron chi connectivity index (χ2n) is 4.77. The van der Waals surface area contributed by atoms with Crippen molar-refractivity contribution in [1.29, 1.82) is 0 Å². The van der Waals surface area contributed by atoms with Crippen molar-refractivity contribution >= 4 is 13.7 Å². The Hall–Kier alpha value is -0.723. The molecule has 2 rings (SSSR count). The van der Waals surface area contributed by atoms with Crippen molar-refractivity contribution in [3.8, 4) is 0 Å². The summed E-state index contributed by atoms with van der Waals surface area (Å²) < 4.78 is 23.0. The summed E-state index contributed by atoms with van der Waals surface area (Å²) in [5, 5.41) is 1.18. The molecule has 0 saturated carbocycles. The molecule has 1 aromatic carbocycles. The molecular formula is C15H24O4Si. The highest BCUT2D eigenvalue weighted by Crippen LogP contribution is 2.16. The SMILES string of the molecule is CCO[Si](CCOCC1CO1)(OCC)c1ccccc1. The summed E-state index contributed by atoms with van der Waals surface area (Å²) in [6.45, 7) is 7.52. The third-order valence-corrected chi connectivity index (χ3v) is 6.84. The molecule has 0 bridgehead atoms. The number of rotatable bonds is 10. The van der Waals surface area contributed by atoms with Gasteiger partial charge in [0.05, 0.1) is 13.2 Å². The van der Waals surface area contributed by atoms with Gasteiger partial charge in [0.1, 0.15) is 6.10 Å². The number of benzene rings is 1. The molecule has 1 fully saturated rings. The predicted octanol–water partition coefficient (Wildman–Crippen LogP) is 1.82. The molecule has 0 amide bonds. The van der Waals surface area contributed by atoms with Gasteiger partial charge in [-0.25, -0.2) is 0 Å². The van der Waals surface area contributed by atoms with E-state index in [0.29, 0.717) is 32.5 Å². The molecule has 1 aliphatic heterocycles. The summed E-state index contributed by atoms with van der Waals surface area (Å²) in [4.78, 5) is 0. The van der Waals surface area contributed by atoms with E-state index in [-0.39, 0.29) is 0 Å². The lowest BCUT2D eigenvalue weighted by Crippen LogP contribution is -2.54. The maximum atomic E-state index is 6.08. The molecule has 1 saturated heterocycles. The molecule has 5 heteroatoms. The summed E-state index contributed by atoms with van der Waals surface area (Å²) in [6.07, 6.45) is 0.307. The summed E-state index contributed by atoms with van der Waals surface area (Å²) in [6, 6.07) is 11.1. The molecule has 1 heterocycles. The molecular weight excluding hydrogens is 272 g/mol. The van der Waals surface area contributed by atoms with Gasteiger partial charge in [0.15, 0.2) is 0 Å². The van der Waals surface area contributed by atoms with Crippen LogP contribution in [0.15, 0.2) is 30.3 Å². The molecule has 1 unspecified atom stereocenters. The van der Waals surface area contributed by atoms with Crippen LogP contribution in [0.2, 0.25) is 6.04 Å². The zero-order chi connectivity index (χ0) is 14.3. The fourth-order valence-corrected chi connectivity index (χ4v) is 5.28. The smallest absolute Gasteiger partial charge is 0.374 e. The highest BCUT2D eigenvalue weighted by molar-refractivity contribution is 6.81.